The molecule has 15 heavy (non-hydrogen) atoms. The van der Waals surface area contributed by atoms with Gasteiger partial charge in [-0.05, 0) is 18.6 Å². The summed E-state index contributed by atoms with van der Waals surface area (Å²) in [6.45, 7) is 2.57. The Balaban J connectivity index is 1.93. The van der Waals surface area contributed by atoms with Gasteiger partial charge in [0.05, 0.1) is 17.8 Å². The first-order valence-electron chi connectivity index (χ1n) is 5.24. The van der Waals surface area contributed by atoms with Crippen LogP contribution >= 0.6 is 0 Å². The van der Waals surface area contributed by atoms with Gasteiger partial charge in [0.1, 0.15) is 0 Å². The van der Waals surface area contributed by atoms with E-state index in [4.69, 9.17) is 10.8 Å². The number of aromatic nitrogens is 1. The highest BCUT2D eigenvalue weighted by atomic mass is 16.3. The first-order chi connectivity index (χ1) is 7.22. The van der Waals surface area contributed by atoms with E-state index in [0.29, 0.717) is 0 Å². The number of nitrogens with zero attached hydrogens (tertiary/aromatic N) is 2. The van der Waals surface area contributed by atoms with Crippen LogP contribution in [-0.2, 0) is 6.54 Å². The molecule has 1 atom stereocenters. The second-order valence-electron chi connectivity index (χ2n) is 4.30. The monoisotopic (exact) mass is 207 g/mol. The molecule has 3 N–H and O–H groups in total. The van der Waals surface area contributed by atoms with Crippen LogP contribution in [-0.4, -0.2) is 40.2 Å². The summed E-state index contributed by atoms with van der Waals surface area (Å²) in [7, 11) is 0. The zero-order valence-corrected chi connectivity index (χ0v) is 8.76. The van der Waals surface area contributed by atoms with Crippen LogP contribution in [0.2, 0.25) is 0 Å². The van der Waals surface area contributed by atoms with Crippen molar-refractivity contribution >= 4 is 0 Å². The standard InChI is InChI=1S/C11H17N3O/c12-11(9-15)4-6-14(8-11)7-10-3-1-2-5-13-10/h1-3,5,15H,4,6-9,12H2. The van der Waals surface area contributed by atoms with E-state index < -0.39 is 5.54 Å². The number of nitrogens with two attached hydrogens (primary N) is 1. The molecule has 0 spiro atoms. The predicted octanol–water partition coefficient (Wildman–Crippen LogP) is -0.0229. The van der Waals surface area contributed by atoms with Crippen molar-refractivity contribution in [2.24, 2.45) is 5.73 Å². The molecular formula is C11H17N3O. The molecule has 82 valence electrons. The quantitative estimate of drug-likeness (QED) is 0.731. The van der Waals surface area contributed by atoms with E-state index >= 15 is 0 Å². The van der Waals surface area contributed by atoms with E-state index in [1.54, 1.807) is 6.20 Å². The van der Waals surface area contributed by atoms with Crippen molar-refractivity contribution in [3.8, 4) is 0 Å². The minimum absolute atomic E-state index is 0.0612. The van der Waals surface area contributed by atoms with E-state index in [-0.39, 0.29) is 6.61 Å². The first-order valence-corrected chi connectivity index (χ1v) is 5.24. The Bertz CT molecular complexity index is 317. The number of hydrogen-bond acceptors (Lipinski definition) is 4. The van der Waals surface area contributed by atoms with Crippen LogP contribution in [0.25, 0.3) is 0 Å². The molecule has 1 aliphatic heterocycles. The predicted molar refractivity (Wildman–Crippen MR) is 58.1 cm³/mol. The van der Waals surface area contributed by atoms with E-state index in [1.807, 2.05) is 18.2 Å². The molecule has 2 rings (SSSR count). The van der Waals surface area contributed by atoms with Gasteiger partial charge in [0.15, 0.2) is 0 Å². The Hall–Kier alpha value is -0.970. The molecule has 0 saturated carbocycles. The van der Waals surface area contributed by atoms with Gasteiger partial charge in [-0.25, -0.2) is 0 Å². The van der Waals surface area contributed by atoms with Gasteiger partial charge in [0.25, 0.3) is 0 Å². The summed E-state index contributed by atoms with van der Waals surface area (Å²) in [6.07, 6.45) is 2.66. The summed E-state index contributed by atoms with van der Waals surface area (Å²) in [5.41, 5.74) is 6.64. The van der Waals surface area contributed by atoms with Gasteiger partial charge in [-0.1, -0.05) is 6.07 Å². The Labute approximate surface area is 89.7 Å². The van der Waals surface area contributed by atoms with Crippen molar-refractivity contribution in [3.63, 3.8) is 0 Å². The van der Waals surface area contributed by atoms with Gasteiger partial charge in [-0.2, -0.15) is 0 Å². The van der Waals surface area contributed by atoms with Gasteiger partial charge in [-0.15, -0.1) is 0 Å². The minimum Gasteiger partial charge on any atom is -0.394 e. The third-order valence-electron chi connectivity index (χ3n) is 2.89. The number of aliphatic hydroxyl groups is 1. The molecule has 2 heterocycles. The molecule has 1 unspecified atom stereocenters. The zero-order valence-electron chi connectivity index (χ0n) is 8.76. The number of aliphatic hydroxyl groups excluding tert-OH is 1. The summed E-state index contributed by atoms with van der Waals surface area (Å²) >= 11 is 0. The van der Waals surface area contributed by atoms with Crippen LogP contribution in [0, 0.1) is 0 Å². The second kappa shape index (κ2) is 4.26. The highest BCUT2D eigenvalue weighted by molar-refractivity contribution is 5.05. The van der Waals surface area contributed by atoms with E-state index in [0.717, 1.165) is 31.7 Å². The molecule has 0 aromatic carbocycles. The van der Waals surface area contributed by atoms with Crippen molar-refractivity contribution in [2.45, 2.75) is 18.5 Å². The Morgan fingerprint density at radius 2 is 2.40 bits per heavy atom. The van der Waals surface area contributed by atoms with Crippen LogP contribution in [0.1, 0.15) is 12.1 Å². The van der Waals surface area contributed by atoms with Crippen molar-refractivity contribution in [1.29, 1.82) is 0 Å². The maximum atomic E-state index is 9.14. The van der Waals surface area contributed by atoms with Crippen LogP contribution in [0.4, 0.5) is 0 Å². The minimum atomic E-state index is -0.408. The SMILES string of the molecule is NC1(CO)CCN(Cc2ccccn2)C1. The molecule has 4 heteroatoms. The van der Waals surface area contributed by atoms with E-state index in [9.17, 15) is 0 Å². The highest BCUT2D eigenvalue weighted by Gasteiger charge is 2.33. The molecular weight excluding hydrogens is 190 g/mol. The molecule has 1 aromatic rings. The van der Waals surface area contributed by atoms with Crippen molar-refractivity contribution < 1.29 is 5.11 Å². The average Bonchev–Trinajstić information content (AvgIpc) is 2.63. The Kier molecular flexibility index (Phi) is 3.00. The van der Waals surface area contributed by atoms with E-state index in [1.165, 1.54) is 0 Å². The Morgan fingerprint density at radius 3 is 3.00 bits per heavy atom. The number of pyridine rings is 1. The fraction of sp³-hybridized carbons (Fsp3) is 0.545. The topological polar surface area (TPSA) is 62.4 Å². The van der Waals surface area contributed by atoms with Crippen molar-refractivity contribution in [1.82, 2.24) is 9.88 Å². The normalized spacial score (nSPS) is 27.1. The fourth-order valence-electron chi connectivity index (χ4n) is 1.97. The molecule has 0 amide bonds. The Morgan fingerprint density at radius 1 is 1.53 bits per heavy atom. The molecule has 0 radical (unpaired) electrons. The largest absolute Gasteiger partial charge is 0.394 e. The smallest absolute Gasteiger partial charge is 0.0624 e. The fourth-order valence-corrected chi connectivity index (χ4v) is 1.97. The summed E-state index contributed by atoms with van der Waals surface area (Å²) in [4.78, 5) is 6.51. The summed E-state index contributed by atoms with van der Waals surface area (Å²) in [5, 5.41) is 9.14. The lowest BCUT2D eigenvalue weighted by molar-refractivity contribution is 0.191. The number of hydrogen-bond donors (Lipinski definition) is 2. The molecule has 4 nitrogen and oxygen atoms in total. The average molecular weight is 207 g/mol. The van der Waals surface area contributed by atoms with Crippen LogP contribution in [0.3, 0.4) is 0 Å². The summed E-state index contributed by atoms with van der Waals surface area (Å²) in [6, 6.07) is 5.91. The maximum absolute atomic E-state index is 9.14. The van der Waals surface area contributed by atoms with E-state index in [2.05, 4.69) is 9.88 Å². The van der Waals surface area contributed by atoms with Crippen molar-refractivity contribution in [2.75, 3.05) is 19.7 Å². The lowest BCUT2D eigenvalue weighted by Crippen LogP contribution is -2.46. The van der Waals surface area contributed by atoms with Gasteiger partial charge in [-0.3, -0.25) is 9.88 Å². The summed E-state index contributed by atoms with van der Waals surface area (Å²) in [5.74, 6) is 0. The molecule has 1 saturated heterocycles. The maximum Gasteiger partial charge on any atom is 0.0624 e. The number of rotatable bonds is 3. The first kappa shape index (κ1) is 10.5. The van der Waals surface area contributed by atoms with Gasteiger partial charge < -0.3 is 10.8 Å². The van der Waals surface area contributed by atoms with Crippen molar-refractivity contribution in [3.05, 3.63) is 30.1 Å². The molecule has 1 aromatic heterocycles. The third-order valence-corrected chi connectivity index (χ3v) is 2.89. The lowest BCUT2D eigenvalue weighted by Gasteiger charge is -2.21. The highest BCUT2D eigenvalue weighted by Crippen LogP contribution is 2.19. The molecule has 1 fully saturated rings. The van der Waals surface area contributed by atoms with Crippen LogP contribution in [0.5, 0.6) is 0 Å². The van der Waals surface area contributed by atoms with Gasteiger partial charge in [0, 0.05) is 25.8 Å². The third kappa shape index (κ3) is 2.53. The van der Waals surface area contributed by atoms with Crippen LogP contribution < -0.4 is 5.73 Å². The lowest BCUT2D eigenvalue weighted by atomic mass is 10.0. The number of likely N-dealkylation sites (tertiary alicyclic amines) is 1. The van der Waals surface area contributed by atoms with Gasteiger partial charge >= 0.3 is 0 Å². The molecule has 0 bridgehead atoms. The molecule has 1 aliphatic rings. The second-order valence-corrected chi connectivity index (χ2v) is 4.30. The van der Waals surface area contributed by atoms with Gasteiger partial charge in [0.2, 0.25) is 0 Å². The summed E-state index contributed by atoms with van der Waals surface area (Å²) < 4.78 is 0. The molecule has 0 aliphatic carbocycles. The van der Waals surface area contributed by atoms with Crippen LogP contribution in [0.15, 0.2) is 24.4 Å². The zero-order chi connectivity index (χ0) is 10.7.